The lowest BCUT2D eigenvalue weighted by atomic mass is 9.98. The second kappa shape index (κ2) is 11.2. The number of methoxy groups -OCH3 is 1. The number of H-pyrrole nitrogens is 1. The number of aromatic carboxylic acids is 1. The molecule has 3 N–H and O–H groups in total. The second-order valence-electron chi connectivity index (χ2n) is 8.56. The number of fused-ring (bicyclic) bond motifs is 1. The summed E-state index contributed by atoms with van der Waals surface area (Å²) in [4.78, 5) is 17.9. The third-order valence-corrected chi connectivity index (χ3v) is 6.31. The van der Waals surface area contributed by atoms with E-state index in [4.69, 9.17) is 4.74 Å². The lowest BCUT2D eigenvalue weighted by Crippen LogP contribution is -2.50. The van der Waals surface area contributed by atoms with Crippen LogP contribution >= 0.6 is 0 Å². The summed E-state index contributed by atoms with van der Waals surface area (Å²) in [6, 6.07) is 7.54. The number of hydrogen-bond acceptors (Lipinski definition) is 5. The van der Waals surface area contributed by atoms with Crippen LogP contribution in [0.4, 0.5) is 13.2 Å². The third-order valence-electron chi connectivity index (χ3n) is 6.31. The van der Waals surface area contributed by atoms with Crippen molar-refractivity contribution in [2.24, 2.45) is 0 Å². The molecule has 4 rings (SSSR count). The number of carbonyl (C=O) groups is 1. The molecular formula is C26H32F3N3O4. The van der Waals surface area contributed by atoms with Gasteiger partial charge in [0.05, 0.1) is 13.7 Å². The van der Waals surface area contributed by atoms with Gasteiger partial charge >= 0.3 is 12.1 Å². The molecule has 0 aliphatic carbocycles. The summed E-state index contributed by atoms with van der Waals surface area (Å²) in [7, 11) is 1.58. The van der Waals surface area contributed by atoms with Gasteiger partial charge in [-0.3, -0.25) is 9.80 Å². The number of halogens is 3. The number of alkyl halides is 3. The quantitative estimate of drug-likeness (QED) is 0.418. The van der Waals surface area contributed by atoms with Crippen molar-refractivity contribution in [2.75, 3.05) is 33.3 Å². The summed E-state index contributed by atoms with van der Waals surface area (Å²) >= 11 is 0. The number of piperazine rings is 1. The van der Waals surface area contributed by atoms with Crippen LogP contribution in [0.25, 0.3) is 10.9 Å². The van der Waals surface area contributed by atoms with E-state index in [-0.39, 0.29) is 18.7 Å². The standard InChI is InChI=1S/C24H26F3N3O4.C2H6/c1-14-9-21(34-2)18(16-5-6-28-22(14)16)11-30-8-7-29(13-24(25,26)27)12-19(30)15-3-4-17(23(32)33)20(31)10-15;1-2/h3-6,9-10,19,28,31H,7-8,11-13H2,1-2H3,(H,32,33);1-2H3. The van der Waals surface area contributed by atoms with Crippen molar-refractivity contribution in [2.45, 2.75) is 39.5 Å². The van der Waals surface area contributed by atoms with Crippen LogP contribution in [0.15, 0.2) is 36.5 Å². The maximum absolute atomic E-state index is 13.1. The molecule has 7 nitrogen and oxygen atoms in total. The topological polar surface area (TPSA) is 89.0 Å². The Labute approximate surface area is 208 Å². The molecule has 2 aromatic carbocycles. The van der Waals surface area contributed by atoms with Crippen molar-refractivity contribution >= 4 is 16.9 Å². The molecule has 10 heteroatoms. The van der Waals surface area contributed by atoms with E-state index >= 15 is 0 Å². The number of nitrogens with zero attached hydrogens (tertiary/aromatic N) is 2. The second-order valence-corrected chi connectivity index (χ2v) is 8.56. The van der Waals surface area contributed by atoms with Crippen LogP contribution in [-0.2, 0) is 6.54 Å². The third kappa shape index (κ3) is 5.93. The van der Waals surface area contributed by atoms with Crippen LogP contribution < -0.4 is 4.74 Å². The molecule has 1 aromatic heterocycles. The van der Waals surface area contributed by atoms with Crippen LogP contribution in [0.3, 0.4) is 0 Å². The van der Waals surface area contributed by atoms with E-state index in [1.54, 1.807) is 13.2 Å². The number of nitrogens with one attached hydrogen (secondary N) is 1. The van der Waals surface area contributed by atoms with Gasteiger partial charge in [-0.25, -0.2) is 4.79 Å². The molecule has 0 saturated carbocycles. The van der Waals surface area contributed by atoms with Gasteiger partial charge in [0, 0.05) is 54.9 Å². The Kier molecular flexibility index (Phi) is 8.52. The molecule has 0 spiro atoms. The van der Waals surface area contributed by atoms with Crippen LogP contribution in [-0.4, -0.2) is 70.4 Å². The first kappa shape index (κ1) is 27.3. The number of carboxylic acid groups (broad SMARTS) is 1. The number of hydrogen-bond donors (Lipinski definition) is 3. The molecule has 1 unspecified atom stereocenters. The monoisotopic (exact) mass is 507 g/mol. The maximum Gasteiger partial charge on any atom is 0.401 e. The number of carboxylic acids is 1. The Balaban J connectivity index is 0.00000176. The smallest absolute Gasteiger partial charge is 0.401 e. The van der Waals surface area contributed by atoms with Crippen LogP contribution in [0.5, 0.6) is 11.5 Å². The minimum Gasteiger partial charge on any atom is -0.507 e. The molecule has 1 fully saturated rings. The minimum atomic E-state index is -4.33. The van der Waals surface area contributed by atoms with E-state index in [1.807, 2.05) is 44.0 Å². The predicted molar refractivity (Wildman–Crippen MR) is 132 cm³/mol. The maximum atomic E-state index is 13.1. The Hall–Kier alpha value is -3.24. The van der Waals surface area contributed by atoms with Gasteiger partial charge in [-0.15, -0.1) is 0 Å². The fourth-order valence-corrected chi connectivity index (χ4v) is 4.70. The Morgan fingerprint density at radius 1 is 1.19 bits per heavy atom. The number of benzene rings is 2. The highest BCUT2D eigenvalue weighted by Gasteiger charge is 2.36. The number of ether oxygens (including phenoxy) is 1. The summed E-state index contributed by atoms with van der Waals surface area (Å²) in [5, 5.41) is 20.4. The lowest BCUT2D eigenvalue weighted by molar-refractivity contribution is -0.152. The van der Waals surface area contributed by atoms with E-state index < -0.39 is 30.5 Å². The van der Waals surface area contributed by atoms with Crippen LogP contribution in [0, 0.1) is 6.92 Å². The predicted octanol–water partition coefficient (Wildman–Crippen LogP) is 5.34. The first-order chi connectivity index (χ1) is 17.1. The largest absolute Gasteiger partial charge is 0.507 e. The zero-order valence-corrected chi connectivity index (χ0v) is 20.8. The van der Waals surface area contributed by atoms with E-state index in [0.29, 0.717) is 24.4 Å². The van der Waals surface area contributed by atoms with E-state index in [9.17, 15) is 28.2 Å². The molecule has 0 radical (unpaired) electrons. The molecule has 1 saturated heterocycles. The molecule has 36 heavy (non-hydrogen) atoms. The number of aromatic amines is 1. The average molecular weight is 508 g/mol. The van der Waals surface area contributed by atoms with Gasteiger partial charge < -0.3 is 19.9 Å². The van der Waals surface area contributed by atoms with Gasteiger partial charge in [-0.2, -0.15) is 13.2 Å². The van der Waals surface area contributed by atoms with Crippen molar-refractivity contribution in [1.29, 1.82) is 0 Å². The molecule has 3 aromatic rings. The SMILES string of the molecule is CC.COc1cc(C)c2[nH]ccc2c1CN1CCN(CC(F)(F)F)CC1c1ccc(C(=O)O)c(O)c1. The van der Waals surface area contributed by atoms with Crippen molar-refractivity contribution in [1.82, 2.24) is 14.8 Å². The highest BCUT2D eigenvalue weighted by Crippen LogP contribution is 2.36. The summed E-state index contributed by atoms with van der Waals surface area (Å²) in [6.45, 7) is 5.99. The number of aryl methyl sites for hydroxylation is 1. The van der Waals surface area contributed by atoms with E-state index in [0.717, 1.165) is 22.0 Å². The average Bonchev–Trinajstić information content (AvgIpc) is 3.32. The van der Waals surface area contributed by atoms with Crippen molar-refractivity contribution in [3.63, 3.8) is 0 Å². The summed E-state index contributed by atoms with van der Waals surface area (Å²) < 4.78 is 45.0. The van der Waals surface area contributed by atoms with Gasteiger partial charge in [-0.1, -0.05) is 19.9 Å². The Morgan fingerprint density at radius 3 is 2.53 bits per heavy atom. The van der Waals surface area contributed by atoms with Crippen molar-refractivity contribution in [3.05, 3.63) is 58.8 Å². The summed E-state index contributed by atoms with van der Waals surface area (Å²) in [6.07, 6.45) is -2.50. The van der Waals surface area contributed by atoms with Crippen LogP contribution in [0.1, 0.15) is 46.9 Å². The van der Waals surface area contributed by atoms with Gasteiger partial charge in [0.2, 0.25) is 0 Å². The molecule has 2 heterocycles. The van der Waals surface area contributed by atoms with Crippen LogP contribution in [0.2, 0.25) is 0 Å². The van der Waals surface area contributed by atoms with Gasteiger partial charge in [0.1, 0.15) is 17.1 Å². The Morgan fingerprint density at radius 2 is 1.92 bits per heavy atom. The zero-order valence-electron chi connectivity index (χ0n) is 20.8. The molecule has 1 atom stereocenters. The zero-order chi connectivity index (χ0) is 26.6. The summed E-state index contributed by atoms with van der Waals surface area (Å²) in [5.74, 6) is -1.01. The molecule has 0 bridgehead atoms. The fraction of sp³-hybridized carbons (Fsp3) is 0.423. The molecule has 196 valence electrons. The fourth-order valence-electron chi connectivity index (χ4n) is 4.70. The number of phenols is 1. The first-order valence-electron chi connectivity index (χ1n) is 11.8. The summed E-state index contributed by atoms with van der Waals surface area (Å²) in [5.41, 5.74) is 3.18. The molecule has 0 amide bonds. The van der Waals surface area contributed by atoms with Gasteiger partial charge in [0.15, 0.2) is 0 Å². The highest BCUT2D eigenvalue weighted by atomic mass is 19.4. The van der Waals surface area contributed by atoms with E-state index in [2.05, 4.69) is 4.98 Å². The molecular weight excluding hydrogens is 475 g/mol. The number of aromatic nitrogens is 1. The number of aromatic hydroxyl groups is 1. The van der Waals surface area contributed by atoms with Crippen molar-refractivity contribution < 1.29 is 32.9 Å². The minimum absolute atomic E-state index is 0.0792. The molecule has 1 aliphatic heterocycles. The Bertz CT molecular complexity index is 1210. The van der Waals surface area contributed by atoms with E-state index in [1.165, 1.54) is 17.0 Å². The number of rotatable bonds is 6. The van der Waals surface area contributed by atoms with Gasteiger partial charge in [0.25, 0.3) is 0 Å². The molecule has 1 aliphatic rings. The van der Waals surface area contributed by atoms with Crippen molar-refractivity contribution in [3.8, 4) is 11.5 Å². The highest BCUT2D eigenvalue weighted by molar-refractivity contribution is 5.91. The normalized spacial score (nSPS) is 17.0. The van der Waals surface area contributed by atoms with Gasteiger partial charge in [-0.05, 0) is 42.3 Å². The lowest BCUT2D eigenvalue weighted by Gasteiger charge is -2.42. The first-order valence-corrected chi connectivity index (χ1v) is 11.8.